The molecule has 36 heavy (non-hydrogen) atoms. The smallest absolute Gasteiger partial charge is 0.410 e. The highest BCUT2D eigenvalue weighted by Crippen LogP contribution is 2.25. The minimum atomic E-state index is -1.20. The largest absolute Gasteiger partial charge is 0.445 e. The van der Waals surface area contributed by atoms with E-state index in [1.165, 1.54) is 17.0 Å². The number of benzene rings is 2. The van der Waals surface area contributed by atoms with Gasteiger partial charge >= 0.3 is 6.09 Å². The molecule has 4 aromatic rings. The lowest BCUT2D eigenvalue weighted by atomic mass is 10.0. The number of halogens is 2. The molecule has 184 valence electrons. The van der Waals surface area contributed by atoms with Gasteiger partial charge in [-0.15, -0.1) is 0 Å². The average molecular weight is 491 g/mol. The highest BCUT2D eigenvalue weighted by atomic mass is 19.1. The lowest BCUT2D eigenvalue weighted by Gasteiger charge is -2.34. The van der Waals surface area contributed by atoms with Gasteiger partial charge in [-0.25, -0.2) is 23.5 Å². The molecule has 2 aromatic carbocycles. The Kier molecular flexibility index (Phi) is 6.57. The Bertz CT molecular complexity index is 1390. The van der Waals surface area contributed by atoms with Crippen LogP contribution in [0.1, 0.15) is 12.0 Å². The number of alkyl halides is 1. The lowest BCUT2D eigenvalue weighted by Crippen LogP contribution is -2.50. The molecule has 8 nitrogen and oxygen atoms in total. The van der Waals surface area contributed by atoms with Gasteiger partial charge in [-0.3, -0.25) is 4.98 Å². The molecule has 10 heteroatoms. The summed E-state index contributed by atoms with van der Waals surface area (Å²) in [6.07, 6.45) is 1.63. The van der Waals surface area contributed by atoms with Gasteiger partial charge < -0.3 is 20.7 Å². The van der Waals surface area contributed by atoms with E-state index < -0.39 is 18.1 Å². The Morgan fingerprint density at radius 3 is 2.75 bits per heavy atom. The number of piperidine rings is 1. The standard InChI is InChI=1S/C26H24F2N6O2/c27-19-10-20(14-34(13-19)26(35)36-15-16-4-2-1-3-5-16)32-25-31-11-18-9-23(30-12-24(18)33-25)17-6-7-22(29)21(28)8-17/h1-9,11-12,19-20H,10,13-15,29H2,(H,31,32,33)/t19-,20-/m0/s1. The van der Waals surface area contributed by atoms with Crippen molar-refractivity contribution in [1.82, 2.24) is 19.9 Å². The summed E-state index contributed by atoms with van der Waals surface area (Å²) in [4.78, 5) is 27.1. The molecular weight excluding hydrogens is 466 g/mol. The summed E-state index contributed by atoms with van der Waals surface area (Å²) < 4.78 is 33.6. The van der Waals surface area contributed by atoms with Crippen molar-refractivity contribution in [2.75, 3.05) is 24.1 Å². The van der Waals surface area contributed by atoms with Crippen molar-refractivity contribution >= 4 is 28.6 Å². The Balaban J connectivity index is 1.25. The van der Waals surface area contributed by atoms with Crippen LogP contribution in [0, 0.1) is 5.82 Å². The zero-order chi connectivity index (χ0) is 25.1. The number of aromatic nitrogens is 3. The molecule has 0 unspecified atom stereocenters. The van der Waals surface area contributed by atoms with Gasteiger partial charge in [0, 0.05) is 36.2 Å². The summed E-state index contributed by atoms with van der Waals surface area (Å²) >= 11 is 0. The minimum Gasteiger partial charge on any atom is -0.445 e. The molecule has 3 heterocycles. The molecular formula is C26H24F2N6O2. The first kappa shape index (κ1) is 23.4. The molecule has 1 fully saturated rings. The van der Waals surface area contributed by atoms with Crippen molar-refractivity contribution in [3.8, 4) is 11.3 Å². The number of nitrogens with one attached hydrogen (secondary N) is 1. The number of fused-ring (bicyclic) bond motifs is 1. The molecule has 2 atom stereocenters. The fourth-order valence-electron chi connectivity index (χ4n) is 4.13. The number of hydrogen-bond donors (Lipinski definition) is 2. The van der Waals surface area contributed by atoms with Crippen LogP contribution in [0.2, 0.25) is 0 Å². The normalized spacial score (nSPS) is 17.7. The van der Waals surface area contributed by atoms with E-state index in [4.69, 9.17) is 10.5 Å². The van der Waals surface area contributed by atoms with E-state index in [0.29, 0.717) is 28.1 Å². The number of carbonyl (C=O) groups is 1. The summed E-state index contributed by atoms with van der Waals surface area (Å²) in [5, 5.41) is 3.83. The molecule has 0 bridgehead atoms. The number of nitrogen functional groups attached to an aromatic ring is 1. The summed E-state index contributed by atoms with van der Waals surface area (Å²) in [6.45, 7) is 0.356. The van der Waals surface area contributed by atoms with Gasteiger partial charge in [-0.05, 0) is 23.8 Å². The average Bonchev–Trinajstić information content (AvgIpc) is 2.89. The summed E-state index contributed by atoms with van der Waals surface area (Å²) in [6, 6.07) is 15.2. The molecule has 2 aromatic heterocycles. The van der Waals surface area contributed by atoms with Crippen LogP contribution >= 0.6 is 0 Å². The lowest BCUT2D eigenvalue weighted by molar-refractivity contribution is 0.0685. The van der Waals surface area contributed by atoms with Crippen molar-refractivity contribution in [3.05, 3.63) is 78.4 Å². The second kappa shape index (κ2) is 10.1. The number of ether oxygens (including phenoxy) is 1. The molecule has 0 saturated carbocycles. The highest BCUT2D eigenvalue weighted by molar-refractivity contribution is 5.82. The fourth-order valence-corrected chi connectivity index (χ4v) is 4.13. The van der Waals surface area contributed by atoms with E-state index in [1.807, 2.05) is 30.3 Å². The van der Waals surface area contributed by atoms with E-state index in [9.17, 15) is 13.6 Å². The van der Waals surface area contributed by atoms with E-state index in [0.717, 1.165) is 5.56 Å². The van der Waals surface area contributed by atoms with Crippen molar-refractivity contribution in [2.24, 2.45) is 0 Å². The second-order valence-electron chi connectivity index (χ2n) is 8.68. The molecule has 5 rings (SSSR count). The maximum Gasteiger partial charge on any atom is 0.410 e. The number of hydrogen-bond acceptors (Lipinski definition) is 7. The van der Waals surface area contributed by atoms with Gasteiger partial charge in [0.2, 0.25) is 5.95 Å². The summed E-state index contributed by atoms with van der Waals surface area (Å²) in [5.41, 5.74) is 8.19. The molecule has 0 aliphatic carbocycles. The third-order valence-corrected chi connectivity index (χ3v) is 5.96. The zero-order valence-electron chi connectivity index (χ0n) is 19.3. The number of pyridine rings is 1. The number of nitrogens with zero attached hydrogens (tertiary/aromatic N) is 4. The maximum absolute atomic E-state index is 14.4. The second-order valence-corrected chi connectivity index (χ2v) is 8.68. The zero-order valence-corrected chi connectivity index (χ0v) is 19.3. The van der Waals surface area contributed by atoms with Gasteiger partial charge in [-0.1, -0.05) is 36.4 Å². The minimum absolute atomic E-state index is 0.0250. The van der Waals surface area contributed by atoms with E-state index in [-0.39, 0.29) is 37.8 Å². The number of amides is 1. The monoisotopic (exact) mass is 490 g/mol. The topological polar surface area (TPSA) is 106 Å². The number of nitrogens with two attached hydrogens (primary N) is 1. The predicted molar refractivity (Wildman–Crippen MR) is 132 cm³/mol. The third-order valence-electron chi connectivity index (χ3n) is 5.96. The Morgan fingerprint density at radius 1 is 1.11 bits per heavy atom. The van der Waals surface area contributed by atoms with Crippen molar-refractivity contribution < 1.29 is 18.3 Å². The molecule has 0 spiro atoms. The van der Waals surface area contributed by atoms with Gasteiger partial charge in [0.05, 0.1) is 29.6 Å². The van der Waals surface area contributed by atoms with Gasteiger partial charge in [0.1, 0.15) is 18.6 Å². The van der Waals surface area contributed by atoms with Crippen molar-refractivity contribution in [3.63, 3.8) is 0 Å². The van der Waals surface area contributed by atoms with Gasteiger partial charge in [0.15, 0.2) is 0 Å². The van der Waals surface area contributed by atoms with Gasteiger partial charge in [0.25, 0.3) is 0 Å². The number of carbonyl (C=O) groups excluding carboxylic acids is 1. The molecule has 1 aliphatic heterocycles. The van der Waals surface area contributed by atoms with Crippen LogP contribution in [0.15, 0.2) is 67.0 Å². The first-order valence-corrected chi connectivity index (χ1v) is 11.5. The Hall–Kier alpha value is -4.34. The van der Waals surface area contributed by atoms with Crippen LogP contribution in [0.5, 0.6) is 0 Å². The summed E-state index contributed by atoms with van der Waals surface area (Å²) in [5.74, 6) is -0.214. The number of likely N-dealkylation sites (tertiary alicyclic amines) is 1. The van der Waals surface area contributed by atoms with Crippen molar-refractivity contribution in [1.29, 1.82) is 0 Å². The SMILES string of the molecule is Nc1ccc(-c2cc3cnc(N[C@H]4C[C@H](F)CN(C(=O)OCc5ccccc5)C4)nc3cn2)cc1F. The van der Waals surface area contributed by atoms with Crippen LogP contribution in [0.4, 0.5) is 25.2 Å². The van der Waals surface area contributed by atoms with Crippen LogP contribution in [0.25, 0.3) is 22.2 Å². The first-order chi connectivity index (χ1) is 17.4. The van der Waals surface area contributed by atoms with Crippen LogP contribution in [-0.2, 0) is 11.3 Å². The first-order valence-electron chi connectivity index (χ1n) is 11.5. The Morgan fingerprint density at radius 2 is 1.94 bits per heavy atom. The fraction of sp³-hybridized carbons (Fsp3) is 0.231. The number of anilines is 2. The Labute approximate surface area is 206 Å². The number of rotatable bonds is 5. The summed E-state index contributed by atoms with van der Waals surface area (Å²) in [7, 11) is 0. The maximum atomic E-state index is 14.4. The van der Waals surface area contributed by atoms with Crippen LogP contribution < -0.4 is 11.1 Å². The third kappa shape index (κ3) is 5.32. The van der Waals surface area contributed by atoms with E-state index in [2.05, 4.69) is 20.3 Å². The van der Waals surface area contributed by atoms with E-state index >= 15 is 0 Å². The van der Waals surface area contributed by atoms with E-state index in [1.54, 1.807) is 24.5 Å². The molecule has 1 saturated heterocycles. The van der Waals surface area contributed by atoms with Gasteiger partial charge in [-0.2, -0.15) is 0 Å². The predicted octanol–water partition coefficient (Wildman–Crippen LogP) is 4.57. The van der Waals surface area contributed by atoms with Crippen LogP contribution in [0.3, 0.4) is 0 Å². The molecule has 1 aliphatic rings. The van der Waals surface area contributed by atoms with Crippen molar-refractivity contribution in [2.45, 2.75) is 25.2 Å². The van der Waals surface area contributed by atoms with Crippen LogP contribution in [-0.4, -0.2) is 51.2 Å². The molecule has 0 radical (unpaired) electrons. The molecule has 3 N–H and O–H groups in total. The molecule has 1 amide bonds. The highest BCUT2D eigenvalue weighted by Gasteiger charge is 2.31. The quantitative estimate of drug-likeness (QED) is 0.395.